The van der Waals surface area contributed by atoms with Gasteiger partial charge in [0.05, 0.1) is 11.6 Å². The molecule has 0 saturated carbocycles. The number of rotatable bonds is 6. The van der Waals surface area contributed by atoms with E-state index in [1.165, 1.54) is 0 Å². The maximum atomic E-state index is 5.69. The number of unbranched alkanes of at least 4 members (excludes halogenated alkanes) is 1. The third-order valence-electron chi connectivity index (χ3n) is 2.23. The summed E-state index contributed by atoms with van der Waals surface area (Å²) in [6, 6.07) is 6.03. The zero-order chi connectivity index (χ0) is 12.0. The summed E-state index contributed by atoms with van der Waals surface area (Å²) in [7, 11) is 0. The van der Waals surface area contributed by atoms with Crippen LogP contribution in [0.3, 0.4) is 0 Å². The summed E-state index contributed by atoms with van der Waals surface area (Å²) in [5, 5.41) is 0. The first kappa shape index (κ1) is 13.5. The molecule has 0 aliphatic rings. The highest BCUT2D eigenvalue weighted by atomic mass is 79.9. The van der Waals surface area contributed by atoms with E-state index in [1.54, 1.807) is 0 Å². The molecule has 1 rings (SSSR count). The number of thiocarbonyl (C=S) groups is 1. The van der Waals surface area contributed by atoms with Crippen LogP contribution in [0.4, 0.5) is 0 Å². The van der Waals surface area contributed by atoms with E-state index < -0.39 is 0 Å². The van der Waals surface area contributed by atoms with Crippen molar-refractivity contribution in [2.24, 2.45) is 5.73 Å². The van der Waals surface area contributed by atoms with Crippen molar-refractivity contribution in [2.75, 3.05) is 6.61 Å². The fourth-order valence-corrected chi connectivity index (χ4v) is 1.80. The average Bonchev–Trinajstić information content (AvgIpc) is 2.22. The summed E-state index contributed by atoms with van der Waals surface area (Å²) >= 11 is 8.23. The third kappa shape index (κ3) is 4.94. The van der Waals surface area contributed by atoms with E-state index in [9.17, 15) is 0 Å². The van der Waals surface area contributed by atoms with Gasteiger partial charge in [0.25, 0.3) is 0 Å². The Kier molecular flexibility index (Phi) is 5.77. The predicted molar refractivity (Wildman–Crippen MR) is 75.0 cm³/mol. The number of aryl methyl sites for hydroxylation is 1. The van der Waals surface area contributed by atoms with Gasteiger partial charge in [0.15, 0.2) is 0 Å². The molecule has 0 aliphatic carbocycles. The Morgan fingerprint density at radius 3 is 2.88 bits per heavy atom. The van der Waals surface area contributed by atoms with Crippen LogP contribution < -0.4 is 10.5 Å². The van der Waals surface area contributed by atoms with Crippen LogP contribution >= 0.6 is 28.1 Å². The molecule has 0 saturated heterocycles. The number of nitrogens with two attached hydrogens (primary N) is 1. The Morgan fingerprint density at radius 2 is 2.19 bits per heavy atom. The van der Waals surface area contributed by atoms with Crippen molar-refractivity contribution in [2.45, 2.75) is 26.2 Å². The van der Waals surface area contributed by atoms with E-state index >= 15 is 0 Å². The fourth-order valence-electron chi connectivity index (χ4n) is 1.31. The Balaban J connectivity index is 2.31. The largest absolute Gasteiger partial charge is 0.493 e. The first-order valence-electron chi connectivity index (χ1n) is 5.27. The first-order valence-corrected chi connectivity index (χ1v) is 6.47. The van der Waals surface area contributed by atoms with Gasteiger partial charge in [0.1, 0.15) is 5.75 Å². The first-order chi connectivity index (χ1) is 7.59. The van der Waals surface area contributed by atoms with Gasteiger partial charge in [0.2, 0.25) is 0 Å². The van der Waals surface area contributed by atoms with Crippen LogP contribution in [0, 0.1) is 6.92 Å². The molecule has 0 heterocycles. The van der Waals surface area contributed by atoms with Gasteiger partial charge < -0.3 is 10.5 Å². The minimum atomic E-state index is 0.582. The number of hydrogen-bond donors (Lipinski definition) is 1. The minimum absolute atomic E-state index is 0.582. The lowest BCUT2D eigenvalue weighted by atomic mass is 10.2. The standard InChI is InChI=1S/C12H16BrNOS/c1-9-5-6-10(13)8-11(9)15-7-3-2-4-12(14)16/h5-6,8H,2-4,7H2,1H3,(H2,14,16). The molecule has 88 valence electrons. The summed E-state index contributed by atoms with van der Waals surface area (Å²) in [4.78, 5) is 0.582. The van der Waals surface area contributed by atoms with Gasteiger partial charge in [-0.05, 0) is 43.9 Å². The lowest BCUT2D eigenvalue weighted by Gasteiger charge is -2.09. The number of benzene rings is 1. The van der Waals surface area contributed by atoms with Gasteiger partial charge in [-0.25, -0.2) is 0 Å². The quantitative estimate of drug-likeness (QED) is 0.644. The van der Waals surface area contributed by atoms with Gasteiger partial charge in [-0.15, -0.1) is 0 Å². The Hall–Kier alpha value is -0.610. The van der Waals surface area contributed by atoms with E-state index in [2.05, 4.69) is 15.9 Å². The highest BCUT2D eigenvalue weighted by molar-refractivity contribution is 9.10. The molecular weight excluding hydrogens is 286 g/mol. The number of halogens is 1. The van der Waals surface area contributed by atoms with Crippen LogP contribution in [0.2, 0.25) is 0 Å². The highest BCUT2D eigenvalue weighted by Crippen LogP contribution is 2.23. The summed E-state index contributed by atoms with van der Waals surface area (Å²) in [5.74, 6) is 0.935. The molecule has 0 atom stereocenters. The van der Waals surface area contributed by atoms with Crippen molar-refractivity contribution in [3.8, 4) is 5.75 Å². The van der Waals surface area contributed by atoms with Gasteiger partial charge in [-0.2, -0.15) is 0 Å². The zero-order valence-corrected chi connectivity index (χ0v) is 11.7. The van der Waals surface area contributed by atoms with Gasteiger partial charge in [0, 0.05) is 4.47 Å². The van der Waals surface area contributed by atoms with Crippen molar-refractivity contribution >= 4 is 33.1 Å². The van der Waals surface area contributed by atoms with E-state index in [0.29, 0.717) is 11.6 Å². The molecule has 0 aliphatic heterocycles. The molecule has 4 heteroatoms. The van der Waals surface area contributed by atoms with Crippen molar-refractivity contribution in [1.29, 1.82) is 0 Å². The van der Waals surface area contributed by atoms with Crippen LogP contribution in [0.5, 0.6) is 5.75 Å². The second kappa shape index (κ2) is 6.86. The van der Waals surface area contributed by atoms with E-state index in [1.807, 2.05) is 25.1 Å². The summed E-state index contributed by atoms with van der Waals surface area (Å²) in [5.41, 5.74) is 6.56. The molecule has 0 spiro atoms. The van der Waals surface area contributed by atoms with Crippen molar-refractivity contribution in [3.63, 3.8) is 0 Å². The highest BCUT2D eigenvalue weighted by Gasteiger charge is 2.00. The summed E-state index contributed by atoms with van der Waals surface area (Å²) < 4.78 is 6.72. The van der Waals surface area contributed by atoms with Crippen LogP contribution in [0.1, 0.15) is 24.8 Å². The topological polar surface area (TPSA) is 35.2 Å². The summed E-state index contributed by atoms with van der Waals surface area (Å²) in [6.07, 6.45) is 2.77. The third-order valence-corrected chi connectivity index (χ3v) is 2.92. The average molecular weight is 302 g/mol. The van der Waals surface area contributed by atoms with E-state index in [-0.39, 0.29) is 0 Å². The SMILES string of the molecule is Cc1ccc(Br)cc1OCCCCC(N)=S. The maximum Gasteiger partial charge on any atom is 0.123 e. The molecule has 0 fully saturated rings. The van der Waals surface area contributed by atoms with Crippen LogP contribution in [-0.2, 0) is 0 Å². The summed E-state index contributed by atoms with van der Waals surface area (Å²) in [6.45, 7) is 2.75. The predicted octanol–water partition coefficient (Wildman–Crippen LogP) is 3.59. The second-order valence-electron chi connectivity index (χ2n) is 3.68. The molecule has 2 N–H and O–H groups in total. The van der Waals surface area contributed by atoms with Gasteiger partial charge in [-0.1, -0.05) is 34.2 Å². The Morgan fingerprint density at radius 1 is 1.44 bits per heavy atom. The number of hydrogen-bond acceptors (Lipinski definition) is 2. The van der Waals surface area contributed by atoms with Gasteiger partial charge in [-0.3, -0.25) is 0 Å². The van der Waals surface area contributed by atoms with Crippen LogP contribution in [0.15, 0.2) is 22.7 Å². The van der Waals surface area contributed by atoms with E-state index in [0.717, 1.165) is 35.0 Å². The Bertz CT molecular complexity index is 368. The van der Waals surface area contributed by atoms with Crippen molar-refractivity contribution in [3.05, 3.63) is 28.2 Å². The Labute approximate surface area is 110 Å². The van der Waals surface area contributed by atoms with Crippen molar-refractivity contribution in [1.82, 2.24) is 0 Å². The lowest BCUT2D eigenvalue weighted by Crippen LogP contribution is -2.08. The van der Waals surface area contributed by atoms with Crippen LogP contribution in [0.25, 0.3) is 0 Å². The van der Waals surface area contributed by atoms with Gasteiger partial charge >= 0.3 is 0 Å². The van der Waals surface area contributed by atoms with E-state index in [4.69, 9.17) is 22.7 Å². The molecule has 16 heavy (non-hydrogen) atoms. The molecule has 0 radical (unpaired) electrons. The molecular formula is C12H16BrNOS. The molecule has 0 bridgehead atoms. The molecule has 0 amide bonds. The lowest BCUT2D eigenvalue weighted by molar-refractivity contribution is 0.306. The normalized spacial score (nSPS) is 10.1. The molecule has 0 aromatic heterocycles. The van der Waals surface area contributed by atoms with Crippen LogP contribution in [-0.4, -0.2) is 11.6 Å². The molecule has 0 unspecified atom stereocenters. The number of ether oxygens (including phenoxy) is 1. The smallest absolute Gasteiger partial charge is 0.123 e. The minimum Gasteiger partial charge on any atom is -0.493 e. The fraction of sp³-hybridized carbons (Fsp3) is 0.417. The molecule has 1 aromatic rings. The van der Waals surface area contributed by atoms with Crippen molar-refractivity contribution < 1.29 is 4.74 Å². The maximum absolute atomic E-state index is 5.69. The molecule has 1 aromatic carbocycles. The molecule has 2 nitrogen and oxygen atoms in total. The zero-order valence-electron chi connectivity index (χ0n) is 9.33. The monoisotopic (exact) mass is 301 g/mol. The second-order valence-corrected chi connectivity index (χ2v) is 5.12.